The first-order valence-electron chi connectivity index (χ1n) is 7.99. The lowest BCUT2D eigenvalue weighted by Gasteiger charge is -2.36. The van der Waals surface area contributed by atoms with Crippen LogP contribution in [0.5, 0.6) is 0 Å². The first kappa shape index (κ1) is 19.0. The second-order valence-electron chi connectivity index (χ2n) is 6.28. The number of halogens is 1. The Balaban J connectivity index is 1.85. The third kappa shape index (κ3) is 3.83. The molecule has 10 heteroatoms. The number of aryl methyl sites for hydroxylation is 2. The van der Waals surface area contributed by atoms with E-state index in [0.29, 0.717) is 12.1 Å². The van der Waals surface area contributed by atoms with Gasteiger partial charge in [-0.15, -0.1) is 0 Å². The van der Waals surface area contributed by atoms with E-state index >= 15 is 0 Å². The van der Waals surface area contributed by atoms with E-state index in [1.54, 1.807) is 42.2 Å². The number of amides is 1. The maximum absolute atomic E-state index is 12.7. The number of carbonyl (C=O) groups is 1. The van der Waals surface area contributed by atoms with E-state index in [2.05, 4.69) is 31.1 Å². The summed E-state index contributed by atoms with van der Waals surface area (Å²) in [4.78, 5) is 12.7. The van der Waals surface area contributed by atoms with E-state index in [1.807, 2.05) is 6.92 Å². The zero-order valence-corrected chi connectivity index (χ0v) is 17.0. The van der Waals surface area contributed by atoms with Crippen molar-refractivity contribution in [2.24, 2.45) is 7.05 Å². The maximum atomic E-state index is 12.7. The van der Waals surface area contributed by atoms with Crippen molar-refractivity contribution in [3.8, 4) is 0 Å². The zero-order valence-electron chi connectivity index (χ0n) is 14.6. The summed E-state index contributed by atoms with van der Waals surface area (Å²) in [7, 11) is -0.603. The van der Waals surface area contributed by atoms with Crippen molar-refractivity contribution < 1.29 is 13.2 Å². The Morgan fingerprint density at radius 2 is 1.96 bits per heavy atom. The summed E-state index contributed by atoms with van der Waals surface area (Å²) in [6.07, 6.45) is 2.09. The van der Waals surface area contributed by atoms with Crippen LogP contribution >= 0.6 is 15.9 Å². The van der Waals surface area contributed by atoms with Crippen LogP contribution in [0.1, 0.15) is 23.7 Å². The molecule has 1 aliphatic heterocycles. The van der Waals surface area contributed by atoms with Crippen LogP contribution in [0.15, 0.2) is 34.9 Å². The molecule has 2 heterocycles. The Morgan fingerprint density at radius 3 is 2.54 bits per heavy atom. The van der Waals surface area contributed by atoms with Gasteiger partial charge in [-0.25, -0.2) is 0 Å². The largest absolute Gasteiger partial charge is 0.325 e. The van der Waals surface area contributed by atoms with Gasteiger partial charge < -0.3 is 5.32 Å². The average Bonchev–Trinajstić information content (AvgIpc) is 2.90. The number of hydrogen-bond acceptors (Lipinski definition) is 4. The van der Waals surface area contributed by atoms with Crippen LogP contribution in [-0.4, -0.2) is 41.5 Å². The summed E-state index contributed by atoms with van der Waals surface area (Å²) < 4.78 is 31.2. The average molecular weight is 442 g/mol. The van der Waals surface area contributed by atoms with Crippen LogP contribution in [0.25, 0.3) is 0 Å². The highest BCUT2D eigenvalue weighted by Crippen LogP contribution is 2.29. The molecule has 0 bridgehead atoms. The van der Waals surface area contributed by atoms with Crippen LogP contribution in [0, 0.1) is 6.92 Å². The van der Waals surface area contributed by atoms with Crippen molar-refractivity contribution in [1.82, 2.24) is 18.8 Å². The monoisotopic (exact) mass is 441 g/mol. The molecule has 1 fully saturated rings. The predicted molar refractivity (Wildman–Crippen MR) is 102 cm³/mol. The summed E-state index contributed by atoms with van der Waals surface area (Å²) in [6.45, 7) is 1.82. The third-order valence-electron chi connectivity index (χ3n) is 4.41. The van der Waals surface area contributed by atoms with Crippen LogP contribution in [0.3, 0.4) is 0 Å². The lowest BCUT2D eigenvalue weighted by molar-refractivity contribution is -0.120. The van der Waals surface area contributed by atoms with Crippen molar-refractivity contribution in [3.63, 3.8) is 0 Å². The first-order valence-corrected chi connectivity index (χ1v) is 10.2. The topological polar surface area (TPSA) is 96.3 Å². The molecule has 0 spiro atoms. The Morgan fingerprint density at radius 1 is 1.31 bits per heavy atom. The van der Waals surface area contributed by atoms with Gasteiger partial charge in [0.2, 0.25) is 5.91 Å². The van der Waals surface area contributed by atoms with Gasteiger partial charge in [0.05, 0.1) is 11.7 Å². The first-order chi connectivity index (χ1) is 12.2. The molecule has 3 rings (SSSR count). The van der Waals surface area contributed by atoms with Gasteiger partial charge in [0.1, 0.15) is 6.04 Å². The molecule has 2 N–H and O–H groups in total. The van der Waals surface area contributed by atoms with Crippen molar-refractivity contribution in [2.75, 3.05) is 12.4 Å². The summed E-state index contributed by atoms with van der Waals surface area (Å²) in [5.74, 6) is -0.369. The highest BCUT2D eigenvalue weighted by Gasteiger charge is 2.41. The minimum atomic E-state index is -3.78. The van der Waals surface area contributed by atoms with E-state index in [4.69, 9.17) is 0 Å². The van der Waals surface area contributed by atoms with E-state index in [-0.39, 0.29) is 5.91 Å². The van der Waals surface area contributed by atoms with Crippen LogP contribution in [0.2, 0.25) is 0 Å². The van der Waals surface area contributed by atoms with Gasteiger partial charge in [0.25, 0.3) is 10.2 Å². The molecule has 1 saturated heterocycles. The van der Waals surface area contributed by atoms with Gasteiger partial charge in [-0.1, -0.05) is 15.9 Å². The highest BCUT2D eigenvalue weighted by atomic mass is 79.9. The fraction of sp³-hybridized carbons (Fsp3) is 0.375. The molecule has 0 radical (unpaired) electrons. The van der Waals surface area contributed by atoms with E-state index in [0.717, 1.165) is 20.0 Å². The molecule has 1 aromatic heterocycles. The van der Waals surface area contributed by atoms with Crippen LogP contribution in [0.4, 0.5) is 5.69 Å². The standard InChI is InChI=1S/C16H20BrN5O3S/c1-10-13(9-21(2)19-10)14-8-15(22(3)26(24,25)20-14)16(23)18-12-6-4-11(17)5-7-12/h4-7,9,14-15,20H,8H2,1-3H3,(H,18,23)/t14-,15-/m1/s1. The van der Waals surface area contributed by atoms with E-state index < -0.39 is 22.3 Å². The maximum Gasteiger partial charge on any atom is 0.280 e. The Labute approximate surface area is 160 Å². The number of hydrogen-bond donors (Lipinski definition) is 2. The smallest absolute Gasteiger partial charge is 0.280 e. The number of carbonyl (C=O) groups excluding carboxylic acids is 1. The lowest BCUT2D eigenvalue weighted by atomic mass is 10.00. The second-order valence-corrected chi connectivity index (χ2v) is 8.96. The molecule has 2 aromatic rings. The van der Waals surface area contributed by atoms with Crippen molar-refractivity contribution in [3.05, 3.63) is 46.2 Å². The Kier molecular flexibility index (Phi) is 5.20. The summed E-state index contributed by atoms with van der Waals surface area (Å²) in [6, 6.07) is 5.78. The number of nitrogens with zero attached hydrogens (tertiary/aromatic N) is 3. The number of benzene rings is 1. The normalized spacial score (nSPS) is 22.9. The Hall–Kier alpha value is -1.75. The van der Waals surface area contributed by atoms with Crippen LogP contribution in [-0.2, 0) is 22.1 Å². The van der Waals surface area contributed by atoms with Gasteiger partial charge in [-0.3, -0.25) is 9.48 Å². The van der Waals surface area contributed by atoms with Gasteiger partial charge in [-0.2, -0.15) is 22.5 Å². The van der Waals surface area contributed by atoms with Crippen LogP contribution < -0.4 is 10.0 Å². The molecule has 26 heavy (non-hydrogen) atoms. The number of nitrogens with one attached hydrogen (secondary N) is 2. The van der Waals surface area contributed by atoms with E-state index in [9.17, 15) is 13.2 Å². The molecule has 1 amide bonds. The highest BCUT2D eigenvalue weighted by molar-refractivity contribution is 9.10. The van der Waals surface area contributed by atoms with Crippen molar-refractivity contribution in [1.29, 1.82) is 0 Å². The number of rotatable bonds is 3. The molecular weight excluding hydrogens is 422 g/mol. The number of anilines is 1. The Bertz CT molecular complexity index is 926. The van der Waals surface area contributed by atoms with E-state index in [1.165, 1.54) is 7.05 Å². The number of likely N-dealkylation sites (N-methyl/N-ethyl adjacent to an activating group) is 1. The summed E-state index contributed by atoms with van der Waals surface area (Å²) in [5.41, 5.74) is 2.11. The minimum Gasteiger partial charge on any atom is -0.325 e. The van der Waals surface area contributed by atoms with Gasteiger partial charge in [0.15, 0.2) is 0 Å². The van der Waals surface area contributed by atoms with Gasteiger partial charge in [0, 0.05) is 36.0 Å². The molecule has 0 unspecified atom stereocenters. The SMILES string of the molecule is Cc1nn(C)cc1[C@H]1C[C@H](C(=O)Nc2ccc(Br)cc2)N(C)S(=O)(=O)N1. The van der Waals surface area contributed by atoms with Gasteiger partial charge >= 0.3 is 0 Å². The molecule has 1 aromatic carbocycles. The molecule has 140 valence electrons. The second kappa shape index (κ2) is 7.10. The van der Waals surface area contributed by atoms with Gasteiger partial charge in [-0.05, 0) is 37.6 Å². The molecule has 2 atom stereocenters. The van der Waals surface area contributed by atoms with Crippen molar-refractivity contribution >= 4 is 37.7 Å². The fourth-order valence-corrected chi connectivity index (χ4v) is 4.56. The summed E-state index contributed by atoms with van der Waals surface area (Å²) in [5, 5.41) is 7.05. The lowest BCUT2D eigenvalue weighted by Crippen LogP contribution is -2.56. The fourth-order valence-electron chi connectivity index (χ4n) is 3.03. The summed E-state index contributed by atoms with van der Waals surface area (Å²) >= 11 is 3.34. The molecule has 1 aliphatic rings. The minimum absolute atomic E-state index is 0.310. The zero-order chi connectivity index (χ0) is 19.1. The predicted octanol–water partition coefficient (Wildman–Crippen LogP) is 1.71. The molecule has 0 aliphatic carbocycles. The molecular formula is C16H20BrN5O3S. The van der Waals surface area contributed by atoms with Crippen molar-refractivity contribution in [2.45, 2.75) is 25.4 Å². The molecule has 0 saturated carbocycles. The molecule has 8 nitrogen and oxygen atoms in total. The third-order valence-corrected chi connectivity index (χ3v) is 6.53. The number of aromatic nitrogens is 2. The quantitative estimate of drug-likeness (QED) is 0.757.